The van der Waals surface area contributed by atoms with E-state index < -0.39 is 17.7 Å². The predicted molar refractivity (Wildman–Crippen MR) is 136 cm³/mol. The van der Waals surface area contributed by atoms with Crippen LogP contribution in [0.4, 0.5) is 4.79 Å². The highest BCUT2D eigenvalue weighted by Gasteiger charge is 2.42. The van der Waals surface area contributed by atoms with Crippen LogP contribution in [0.5, 0.6) is 0 Å². The zero-order valence-corrected chi connectivity index (χ0v) is 21.2. The first-order valence-corrected chi connectivity index (χ1v) is 13.7. The average molecular weight is 496 g/mol. The number of nitrogens with zero attached hydrogens (tertiary/aromatic N) is 3. The first kappa shape index (κ1) is 24.9. The third-order valence-corrected chi connectivity index (χ3v) is 8.29. The minimum absolute atomic E-state index is 0.0281. The Morgan fingerprint density at radius 2 is 1.53 bits per heavy atom. The number of hydrogen-bond acceptors (Lipinski definition) is 7. The molecule has 194 valence electrons. The summed E-state index contributed by atoms with van der Waals surface area (Å²) in [7, 11) is 0. The molecule has 8 nitrogen and oxygen atoms in total. The lowest BCUT2D eigenvalue weighted by atomic mass is 9.79. The van der Waals surface area contributed by atoms with Gasteiger partial charge < -0.3 is 14.0 Å². The van der Waals surface area contributed by atoms with E-state index in [1.807, 2.05) is 18.2 Å². The van der Waals surface area contributed by atoms with Gasteiger partial charge in [0.1, 0.15) is 0 Å². The maximum Gasteiger partial charge on any atom is 0.516 e. The summed E-state index contributed by atoms with van der Waals surface area (Å²) in [4.78, 5) is 45.3. The maximum atomic E-state index is 13.7. The number of rotatable bonds is 4. The standard InChI is InChI=1S/C28H37N3O5/c1-2-35-28(34)36-27(33)25-26(32)31(24-16-9-8-15-23(24)29-25)22-17-20-13-10-14-21(18-22)30(20)19-11-6-4-3-5-7-12-19/h8-9,15-16,19-22H,2-7,10-14,17-18H2,1H3/t20-,21+,22?. The summed E-state index contributed by atoms with van der Waals surface area (Å²) in [6.45, 7) is 1.69. The van der Waals surface area contributed by atoms with E-state index >= 15 is 0 Å². The van der Waals surface area contributed by atoms with Crippen molar-refractivity contribution in [1.82, 2.24) is 14.5 Å². The van der Waals surface area contributed by atoms with Crippen molar-refractivity contribution in [3.05, 3.63) is 40.3 Å². The zero-order valence-electron chi connectivity index (χ0n) is 21.2. The Labute approximate surface area is 212 Å². The van der Waals surface area contributed by atoms with Crippen molar-refractivity contribution in [2.75, 3.05) is 6.61 Å². The summed E-state index contributed by atoms with van der Waals surface area (Å²) in [5.41, 5.74) is 0.401. The van der Waals surface area contributed by atoms with Gasteiger partial charge in [-0.25, -0.2) is 14.6 Å². The van der Waals surface area contributed by atoms with E-state index in [2.05, 4.69) is 9.88 Å². The smallest absolute Gasteiger partial charge is 0.434 e. The quantitative estimate of drug-likeness (QED) is 0.415. The van der Waals surface area contributed by atoms with Crippen LogP contribution >= 0.6 is 0 Å². The summed E-state index contributed by atoms with van der Waals surface area (Å²) in [5, 5.41) is 0. The summed E-state index contributed by atoms with van der Waals surface area (Å²) in [6.07, 6.45) is 13.4. The fourth-order valence-corrected chi connectivity index (χ4v) is 6.85. The van der Waals surface area contributed by atoms with E-state index in [-0.39, 0.29) is 18.3 Å². The highest BCUT2D eigenvalue weighted by atomic mass is 16.7. The number of benzene rings is 1. The van der Waals surface area contributed by atoms with Gasteiger partial charge in [-0.15, -0.1) is 0 Å². The second kappa shape index (κ2) is 11.1. The molecule has 8 heteroatoms. The summed E-state index contributed by atoms with van der Waals surface area (Å²) < 4.78 is 11.2. The molecule has 1 aliphatic carbocycles. The molecule has 0 N–H and O–H groups in total. The molecule has 36 heavy (non-hydrogen) atoms. The SMILES string of the molecule is CCOC(=O)OC(=O)c1nc2ccccc2n(C2C[C@H]3CCC[C@@H](C2)N3C2CCCCCCC2)c1=O. The van der Waals surface area contributed by atoms with E-state index in [1.54, 1.807) is 17.6 Å². The first-order valence-electron chi connectivity index (χ1n) is 13.7. The van der Waals surface area contributed by atoms with Crippen LogP contribution in [0.25, 0.3) is 11.0 Å². The Morgan fingerprint density at radius 3 is 2.22 bits per heavy atom. The summed E-state index contributed by atoms with van der Waals surface area (Å²) in [5.74, 6) is -1.06. The van der Waals surface area contributed by atoms with Crippen LogP contribution in [0.15, 0.2) is 29.1 Å². The molecule has 0 spiro atoms. The minimum Gasteiger partial charge on any atom is -0.434 e. The van der Waals surface area contributed by atoms with Crippen molar-refractivity contribution in [1.29, 1.82) is 0 Å². The Balaban J connectivity index is 1.47. The van der Waals surface area contributed by atoms with Crippen LogP contribution in [0.1, 0.15) is 101 Å². The molecule has 5 rings (SSSR count). The molecule has 2 aromatic rings. The Morgan fingerprint density at radius 1 is 0.889 bits per heavy atom. The van der Waals surface area contributed by atoms with Gasteiger partial charge in [0.2, 0.25) is 5.69 Å². The second-order valence-electron chi connectivity index (χ2n) is 10.5. The van der Waals surface area contributed by atoms with Gasteiger partial charge in [-0.3, -0.25) is 9.69 Å². The average Bonchev–Trinajstić information content (AvgIpc) is 2.83. The molecule has 3 atom stereocenters. The number of piperidine rings is 2. The van der Waals surface area contributed by atoms with Crippen LogP contribution < -0.4 is 5.56 Å². The molecule has 3 heterocycles. The van der Waals surface area contributed by atoms with E-state index in [0.29, 0.717) is 23.6 Å². The van der Waals surface area contributed by atoms with Gasteiger partial charge in [-0.2, -0.15) is 0 Å². The topological polar surface area (TPSA) is 90.7 Å². The van der Waals surface area contributed by atoms with Crippen molar-refractivity contribution in [3.63, 3.8) is 0 Å². The third-order valence-electron chi connectivity index (χ3n) is 8.29. The molecule has 1 aromatic heterocycles. The van der Waals surface area contributed by atoms with Crippen LogP contribution in [0, 0.1) is 0 Å². The van der Waals surface area contributed by atoms with Crippen molar-refractivity contribution in [3.8, 4) is 0 Å². The monoisotopic (exact) mass is 495 g/mol. The number of fused-ring (bicyclic) bond motifs is 3. The van der Waals surface area contributed by atoms with Gasteiger partial charge in [0.05, 0.1) is 17.6 Å². The summed E-state index contributed by atoms with van der Waals surface area (Å²) in [6, 6.07) is 8.90. The van der Waals surface area contributed by atoms with Crippen LogP contribution in [0.2, 0.25) is 0 Å². The number of carbonyl (C=O) groups excluding carboxylic acids is 2. The minimum atomic E-state index is -1.12. The van der Waals surface area contributed by atoms with Gasteiger partial charge >= 0.3 is 12.1 Å². The van der Waals surface area contributed by atoms with E-state index in [1.165, 1.54) is 51.4 Å². The number of carbonyl (C=O) groups is 2. The Kier molecular flexibility index (Phi) is 7.70. The normalized spacial score (nSPS) is 25.6. The first-order chi connectivity index (χ1) is 17.6. The molecule has 0 amide bonds. The lowest BCUT2D eigenvalue weighted by Crippen LogP contribution is -2.57. The van der Waals surface area contributed by atoms with E-state index in [4.69, 9.17) is 9.47 Å². The molecule has 2 aliphatic heterocycles. The fourth-order valence-electron chi connectivity index (χ4n) is 6.85. The van der Waals surface area contributed by atoms with Crippen LogP contribution in [0.3, 0.4) is 0 Å². The molecule has 1 saturated carbocycles. The van der Waals surface area contributed by atoms with Crippen molar-refractivity contribution < 1.29 is 19.1 Å². The second-order valence-corrected chi connectivity index (χ2v) is 10.5. The van der Waals surface area contributed by atoms with Crippen LogP contribution in [-0.2, 0) is 9.47 Å². The fraction of sp³-hybridized carbons (Fsp3) is 0.643. The predicted octanol–water partition coefficient (Wildman–Crippen LogP) is 5.38. The largest absolute Gasteiger partial charge is 0.516 e. The lowest BCUT2D eigenvalue weighted by Gasteiger charge is -2.53. The number of aromatic nitrogens is 2. The highest BCUT2D eigenvalue weighted by molar-refractivity contribution is 5.94. The zero-order chi connectivity index (χ0) is 25.1. The molecule has 3 aliphatic rings. The van der Waals surface area contributed by atoms with E-state index in [0.717, 1.165) is 31.2 Å². The number of ether oxygens (including phenoxy) is 2. The maximum absolute atomic E-state index is 13.7. The van der Waals surface area contributed by atoms with Crippen molar-refractivity contribution >= 4 is 23.2 Å². The number of esters is 1. The molecule has 1 aromatic carbocycles. The summed E-state index contributed by atoms with van der Waals surface area (Å²) >= 11 is 0. The van der Waals surface area contributed by atoms with Crippen molar-refractivity contribution in [2.24, 2.45) is 0 Å². The number of hydrogen-bond donors (Lipinski definition) is 0. The molecule has 1 unspecified atom stereocenters. The Bertz CT molecular complexity index is 1140. The molecule has 2 saturated heterocycles. The van der Waals surface area contributed by atoms with Crippen molar-refractivity contribution in [2.45, 2.75) is 108 Å². The molecule has 3 fully saturated rings. The van der Waals surface area contributed by atoms with Gasteiger partial charge in [0.25, 0.3) is 5.56 Å². The molecule has 2 bridgehead atoms. The third kappa shape index (κ3) is 5.05. The molecular formula is C28H37N3O5. The highest BCUT2D eigenvalue weighted by Crippen LogP contribution is 2.42. The van der Waals surface area contributed by atoms with Gasteiger partial charge in [0, 0.05) is 24.2 Å². The molecule has 0 radical (unpaired) electrons. The van der Waals surface area contributed by atoms with E-state index in [9.17, 15) is 14.4 Å². The molecular weight excluding hydrogens is 458 g/mol. The van der Waals surface area contributed by atoms with Gasteiger partial charge in [0.15, 0.2) is 0 Å². The Hall–Kier alpha value is -2.74. The van der Waals surface area contributed by atoms with Crippen LogP contribution in [-0.4, -0.2) is 51.3 Å². The van der Waals surface area contributed by atoms with Gasteiger partial charge in [-0.05, 0) is 57.6 Å². The van der Waals surface area contributed by atoms with Gasteiger partial charge in [-0.1, -0.05) is 50.7 Å². The lowest BCUT2D eigenvalue weighted by molar-refractivity contribution is -0.0247. The number of para-hydroxylation sites is 2.